The van der Waals surface area contributed by atoms with E-state index in [1.807, 2.05) is 0 Å². The Labute approximate surface area is 137 Å². The normalized spacial score (nSPS) is 18.4. The maximum Gasteiger partial charge on any atom is 0.317 e. The Morgan fingerprint density at radius 1 is 0.833 bits per heavy atom. The second-order valence-corrected chi connectivity index (χ2v) is 6.04. The molecule has 1 heterocycles. The Bertz CT molecular complexity index is 483. The lowest BCUT2D eigenvalue weighted by molar-refractivity contribution is -0.152. The van der Waals surface area contributed by atoms with Crippen molar-refractivity contribution in [2.75, 3.05) is 45.9 Å². The van der Waals surface area contributed by atoms with E-state index in [9.17, 15) is 19.2 Å². The van der Waals surface area contributed by atoms with Crippen LogP contribution in [0.4, 0.5) is 0 Å². The van der Waals surface area contributed by atoms with Gasteiger partial charge in [0.15, 0.2) is 0 Å². The lowest BCUT2D eigenvalue weighted by atomic mass is 9.95. The Kier molecular flexibility index (Phi) is 6.63. The second kappa shape index (κ2) is 8.04. The molecule has 0 aromatic carbocycles. The summed E-state index contributed by atoms with van der Waals surface area (Å²) in [6.45, 7) is 0.0739. The average Bonchev–Trinajstić information content (AvgIpc) is 2.34. The van der Waals surface area contributed by atoms with Crippen LogP contribution in [-0.4, -0.2) is 110 Å². The van der Waals surface area contributed by atoms with Crippen LogP contribution in [0.25, 0.3) is 0 Å². The average molecular weight is 347 g/mol. The van der Waals surface area contributed by atoms with E-state index >= 15 is 0 Å². The summed E-state index contributed by atoms with van der Waals surface area (Å²) < 4.78 is 0. The number of nitrogens with zero attached hydrogens (tertiary/aromatic N) is 3. The van der Waals surface area contributed by atoms with Gasteiger partial charge in [-0.05, 0) is 6.92 Å². The topological polar surface area (TPSA) is 159 Å². The van der Waals surface area contributed by atoms with Gasteiger partial charge in [-0.25, -0.2) is 0 Å². The first-order chi connectivity index (χ1) is 11.0. The van der Waals surface area contributed by atoms with Crippen molar-refractivity contribution in [1.82, 2.24) is 14.7 Å². The van der Waals surface area contributed by atoms with E-state index in [0.29, 0.717) is 0 Å². The number of hydrogen-bond donors (Lipinski definition) is 4. The van der Waals surface area contributed by atoms with Crippen molar-refractivity contribution in [1.29, 1.82) is 0 Å². The van der Waals surface area contributed by atoms with Crippen LogP contribution in [0.5, 0.6) is 0 Å². The van der Waals surface area contributed by atoms with Crippen LogP contribution < -0.4 is 0 Å². The van der Waals surface area contributed by atoms with Gasteiger partial charge in [0, 0.05) is 18.6 Å². The molecule has 11 heteroatoms. The van der Waals surface area contributed by atoms with E-state index in [1.54, 1.807) is 6.92 Å². The van der Waals surface area contributed by atoms with Crippen LogP contribution in [-0.2, 0) is 19.2 Å². The van der Waals surface area contributed by atoms with Gasteiger partial charge in [-0.2, -0.15) is 0 Å². The fourth-order valence-electron chi connectivity index (χ4n) is 2.95. The molecule has 0 aromatic rings. The van der Waals surface area contributed by atoms with Crippen molar-refractivity contribution in [3.05, 3.63) is 0 Å². The monoisotopic (exact) mass is 347 g/mol. The molecule has 11 nitrogen and oxygen atoms in total. The molecule has 0 bridgehead atoms. The molecule has 4 N–H and O–H groups in total. The van der Waals surface area contributed by atoms with E-state index in [1.165, 1.54) is 14.7 Å². The fraction of sp³-hybridized carbons (Fsp3) is 0.692. The van der Waals surface area contributed by atoms with Gasteiger partial charge >= 0.3 is 23.9 Å². The summed E-state index contributed by atoms with van der Waals surface area (Å²) in [5, 5.41) is 35.9. The smallest absolute Gasteiger partial charge is 0.317 e. The Balaban J connectivity index is 3.05. The fourth-order valence-corrected chi connectivity index (χ4v) is 2.95. The molecule has 0 aliphatic carbocycles. The molecule has 1 fully saturated rings. The summed E-state index contributed by atoms with van der Waals surface area (Å²) in [5.74, 6) is -4.68. The van der Waals surface area contributed by atoms with Crippen molar-refractivity contribution < 1.29 is 39.6 Å². The van der Waals surface area contributed by atoms with Gasteiger partial charge in [0.2, 0.25) is 0 Å². The first kappa shape index (κ1) is 19.8. The molecule has 1 saturated heterocycles. The summed E-state index contributed by atoms with van der Waals surface area (Å²) in [6, 6.07) is 0. The second-order valence-electron chi connectivity index (χ2n) is 6.04. The van der Waals surface area contributed by atoms with Crippen LogP contribution in [0.15, 0.2) is 0 Å². The quantitative estimate of drug-likeness (QED) is 0.364. The van der Waals surface area contributed by atoms with Gasteiger partial charge in [-0.1, -0.05) is 0 Å². The molecular weight excluding hydrogens is 326 g/mol. The highest BCUT2D eigenvalue weighted by atomic mass is 16.4. The standard InChI is InChI=1S/C13H21N3O8/c1-13(16(4-11(21)22)5-12(23)24)6-14(2-9(17)18)8-15(7-13)3-10(19)20/h2-8H2,1H3,(H,17,18)(H,19,20)(H,21,22)(H,23,24). The van der Waals surface area contributed by atoms with E-state index in [0.717, 1.165) is 0 Å². The van der Waals surface area contributed by atoms with E-state index in [4.69, 9.17) is 20.4 Å². The highest BCUT2D eigenvalue weighted by Crippen LogP contribution is 2.23. The Morgan fingerprint density at radius 2 is 1.21 bits per heavy atom. The van der Waals surface area contributed by atoms with Gasteiger partial charge in [0.05, 0.1) is 32.8 Å². The van der Waals surface area contributed by atoms with Crippen molar-refractivity contribution in [2.24, 2.45) is 0 Å². The van der Waals surface area contributed by atoms with Crippen molar-refractivity contribution >= 4 is 23.9 Å². The lowest BCUT2D eigenvalue weighted by Gasteiger charge is -2.50. The van der Waals surface area contributed by atoms with E-state index in [2.05, 4.69) is 0 Å². The van der Waals surface area contributed by atoms with Crippen LogP contribution in [0.3, 0.4) is 0 Å². The zero-order chi connectivity index (χ0) is 18.5. The predicted octanol–water partition coefficient (Wildman–Crippen LogP) is -2.04. The summed E-state index contributed by atoms with van der Waals surface area (Å²) >= 11 is 0. The summed E-state index contributed by atoms with van der Waals surface area (Å²) in [7, 11) is 0. The minimum absolute atomic E-state index is 0.0855. The molecule has 1 aliphatic heterocycles. The number of aliphatic carboxylic acids is 4. The van der Waals surface area contributed by atoms with Gasteiger partial charge in [-0.15, -0.1) is 0 Å². The van der Waals surface area contributed by atoms with Crippen LogP contribution >= 0.6 is 0 Å². The summed E-state index contributed by atoms with van der Waals surface area (Å²) in [4.78, 5) is 48.1. The number of carboxylic acids is 4. The maximum atomic E-state index is 11.0. The molecule has 0 amide bonds. The zero-order valence-corrected chi connectivity index (χ0v) is 13.2. The summed E-state index contributed by atoms with van der Waals surface area (Å²) in [6.07, 6.45) is 0. The number of carboxylic acid groups (broad SMARTS) is 4. The molecule has 0 atom stereocenters. The van der Waals surface area contributed by atoms with Crippen molar-refractivity contribution in [3.8, 4) is 0 Å². The SMILES string of the molecule is CC1(N(CC(=O)O)CC(=O)O)CN(CC(=O)O)CN(CC(=O)O)C1. The molecule has 1 aliphatic rings. The van der Waals surface area contributed by atoms with Gasteiger partial charge in [-0.3, -0.25) is 33.9 Å². The Morgan fingerprint density at radius 3 is 1.50 bits per heavy atom. The van der Waals surface area contributed by atoms with Gasteiger partial charge < -0.3 is 20.4 Å². The third-order valence-electron chi connectivity index (χ3n) is 3.66. The molecule has 0 saturated carbocycles. The van der Waals surface area contributed by atoms with Gasteiger partial charge in [0.1, 0.15) is 0 Å². The minimum Gasteiger partial charge on any atom is -0.480 e. The van der Waals surface area contributed by atoms with Gasteiger partial charge in [0.25, 0.3) is 0 Å². The third kappa shape index (κ3) is 6.10. The predicted molar refractivity (Wildman–Crippen MR) is 78.5 cm³/mol. The van der Waals surface area contributed by atoms with E-state index in [-0.39, 0.29) is 32.8 Å². The largest absolute Gasteiger partial charge is 0.480 e. The van der Waals surface area contributed by atoms with Crippen LogP contribution in [0.2, 0.25) is 0 Å². The maximum absolute atomic E-state index is 11.0. The van der Waals surface area contributed by atoms with Crippen molar-refractivity contribution in [2.45, 2.75) is 12.5 Å². The molecule has 1 rings (SSSR count). The first-order valence-electron chi connectivity index (χ1n) is 7.09. The third-order valence-corrected chi connectivity index (χ3v) is 3.66. The van der Waals surface area contributed by atoms with Crippen molar-refractivity contribution in [3.63, 3.8) is 0 Å². The number of carbonyl (C=O) groups is 4. The zero-order valence-electron chi connectivity index (χ0n) is 13.2. The Hall–Kier alpha value is -2.24. The van der Waals surface area contributed by atoms with E-state index < -0.39 is 42.5 Å². The molecule has 0 unspecified atom stereocenters. The van der Waals surface area contributed by atoms with Crippen LogP contribution in [0.1, 0.15) is 6.92 Å². The lowest BCUT2D eigenvalue weighted by Crippen LogP contribution is -2.67. The molecule has 0 spiro atoms. The molecular formula is C13H21N3O8. The molecule has 0 radical (unpaired) electrons. The van der Waals surface area contributed by atoms with Crippen LogP contribution in [0, 0.1) is 0 Å². The summed E-state index contributed by atoms with van der Waals surface area (Å²) in [5.41, 5.74) is -1.03. The highest BCUT2D eigenvalue weighted by molar-refractivity contribution is 5.73. The number of hydrogen-bond acceptors (Lipinski definition) is 7. The highest BCUT2D eigenvalue weighted by Gasteiger charge is 2.42. The molecule has 136 valence electrons. The number of rotatable bonds is 9. The minimum atomic E-state index is -1.22. The molecule has 0 aromatic heterocycles. The molecule has 24 heavy (non-hydrogen) atoms. The first-order valence-corrected chi connectivity index (χ1v) is 7.09.